The Morgan fingerprint density at radius 2 is 1.80 bits per heavy atom. The molecule has 11 nitrogen and oxygen atoms in total. The Kier molecular flexibility index (Phi) is 5.96. The molecule has 0 bridgehead atoms. The van der Waals surface area contributed by atoms with Gasteiger partial charge in [0, 0.05) is 18.2 Å². The molecule has 0 amide bonds. The summed E-state index contributed by atoms with van der Waals surface area (Å²) in [6, 6.07) is 4.24. The lowest BCUT2D eigenvalue weighted by Gasteiger charge is -2.05. The van der Waals surface area contributed by atoms with Crippen LogP contribution in [0.4, 0.5) is 11.4 Å². The molecule has 13 heteroatoms. The lowest BCUT2D eigenvalue weighted by molar-refractivity contribution is -0.603. The van der Waals surface area contributed by atoms with Crippen molar-refractivity contribution in [3.63, 3.8) is 0 Å². The Balaban J connectivity index is 0.00000312. The van der Waals surface area contributed by atoms with E-state index in [0.29, 0.717) is 0 Å². The van der Waals surface area contributed by atoms with E-state index in [-0.39, 0.29) is 28.7 Å². The molecular formula is C12H11ClN4O7S. The number of aromatic nitrogens is 1. The number of halogens is 1. The highest BCUT2D eigenvalue weighted by Gasteiger charge is 2.28. The van der Waals surface area contributed by atoms with Gasteiger partial charge in [0.2, 0.25) is 10.0 Å². The number of ether oxygens (including phenoxy) is 1. The van der Waals surface area contributed by atoms with Gasteiger partial charge >= 0.3 is 5.69 Å². The summed E-state index contributed by atoms with van der Waals surface area (Å²) in [5, 5.41) is 27.0. The molecule has 2 rings (SSSR count). The number of pyridine rings is 1. The number of hydrogen-bond donors (Lipinski definition) is 1. The first kappa shape index (κ1) is 20.2. The molecular weight excluding hydrogens is 380 g/mol. The van der Waals surface area contributed by atoms with Crippen LogP contribution < -0.4 is 26.8 Å². The molecule has 1 heterocycles. The summed E-state index contributed by atoms with van der Waals surface area (Å²) in [7, 11) is -2.92. The second kappa shape index (κ2) is 7.38. The van der Waals surface area contributed by atoms with E-state index in [9.17, 15) is 28.6 Å². The van der Waals surface area contributed by atoms with Crippen LogP contribution in [0.5, 0.6) is 5.75 Å². The van der Waals surface area contributed by atoms with Gasteiger partial charge in [0.15, 0.2) is 23.0 Å². The van der Waals surface area contributed by atoms with E-state index in [1.165, 1.54) is 19.4 Å². The van der Waals surface area contributed by atoms with Gasteiger partial charge in [0.05, 0.1) is 17.0 Å². The maximum atomic E-state index is 11.6. The number of nitrogens with zero attached hydrogens (tertiary/aromatic N) is 3. The molecule has 1 aromatic heterocycles. The monoisotopic (exact) mass is 390 g/mol. The van der Waals surface area contributed by atoms with E-state index < -0.39 is 31.2 Å². The molecule has 0 unspecified atom stereocenters. The number of sulfonamides is 1. The van der Waals surface area contributed by atoms with Gasteiger partial charge in [-0.2, -0.15) is 4.57 Å². The fourth-order valence-corrected chi connectivity index (χ4v) is 2.68. The first-order valence-corrected chi connectivity index (χ1v) is 7.75. The third-order valence-corrected chi connectivity index (χ3v) is 3.98. The Hall–Kier alpha value is -2.83. The number of methoxy groups -OCH3 is 1. The summed E-state index contributed by atoms with van der Waals surface area (Å²) >= 11 is 0. The van der Waals surface area contributed by atoms with Crippen LogP contribution in [0.2, 0.25) is 0 Å². The van der Waals surface area contributed by atoms with Crippen molar-refractivity contribution in [2.45, 2.75) is 4.90 Å². The Bertz CT molecular complexity index is 948. The average molecular weight is 391 g/mol. The van der Waals surface area contributed by atoms with Gasteiger partial charge in [-0.1, -0.05) is 0 Å². The number of benzene rings is 1. The molecule has 2 aromatic rings. The molecule has 0 spiro atoms. The molecule has 0 aliphatic rings. The van der Waals surface area contributed by atoms with E-state index >= 15 is 0 Å². The highest BCUT2D eigenvalue weighted by atomic mass is 35.5. The van der Waals surface area contributed by atoms with Gasteiger partial charge in [-0.25, -0.2) is 13.6 Å². The Labute approximate surface area is 147 Å². The number of rotatable bonds is 5. The van der Waals surface area contributed by atoms with Crippen molar-refractivity contribution in [3.8, 4) is 11.4 Å². The van der Waals surface area contributed by atoms with E-state index in [1.54, 1.807) is 0 Å². The number of non-ortho nitro benzene ring substituents is 1. The standard InChI is InChI=1S/C12H11N4O7S.ClH/c1-23-11-4-5-14(7-12(11)24(13,21)22)9-3-2-8(15(17)18)6-10(9)16(19)20;/h2-7H,1H3,(H2,13,21,22);1H/q+1;/p-1. The van der Waals surface area contributed by atoms with Crippen molar-refractivity contribution in [1.82, 2.24) is 0 Å². The second-order valence-electron chi connectivity index (χ2n) is 4.52. The molecule has 0 aliphatic heterocycles. The quantitative estimate of drug-likeness (QED) is 0.334. The molecule has 0 saturated heterocycles. The number of hydrogen-bond acceptors (Lipinski definition) is 7. The van der Waals surface area contributed by atoms with Gasteiger partial charge in [0.1, 0.15) is 6.07 Å². The van der Waals surface area contributed by atoms with Crippen LogP contribution in [0.25, 0.3) is 5.69 Å². The van der Waals surface area contributed by atoms with Gasteiger partial charge in [-0.3, -0.25) is 20.2 Å². The summed E-state index contributed by atoms with van der Waals surface area (Å²) in [5.74, 6) is -0.0432. The molecule has 1 aromatic carbocycles. The first-order valence-electron chi connectivity index (χ1n) is 6.20. The number of nitro benzene ring substituents is 2. The zero-order valence-electron chi connectivity index (χ0n) is 12.5. The lowest BCUT2D eigenvalue weighted by atomic mass is 10.2. The third kappa shape index (κ3) is 4.17. The molecule has 134 valence electrons. The third-order valence-electron chi connectivity index (χ3n) is 3.06. The minimum atomic E-state index is -4.15. The molecule has 0 radical (unpaired) electrons. The topological polar surface area (TPSA) is 160 Å². The smallest absolute Gasteiger partial charge is 0.347 e. The van der Waals surface area contributed by atoms with Gasteiger partial charge in [0.25, 0.3) is 11.4 Å². The zero-order valence-corrected chi connectivity index (χ0v) is 14.1. The average Bonchev–Trinajstić information content (AvgIpc) is 2.52. The summed E-state index contributed by atoms with van der Waals surface area (Å²) in [6.07, 6.45) is 2.34. The summed E-state index contributed by atoms with van der Waals surface area (Å²) in [4.78, 5) is 20.0. The predicted molar refractivity (Wildman–Crippen MR) is 79.2 cm³/mol. The molecule has 0 fully saturated rings. The molecule has 0 saturated carbocycles. The van der Waals surface area contributed by atoms with Crippen LogP contribution >= 0.6 is 0 Å². The maximum Gasteiger partial charge on any atom is 0.347 e. The molecule has 25 heavy (non-hydrogen) atoms. The predicted octanol–water partition coefficient (Wildman–Crippen LogP) is -2.56. The fourth-order valence-electron chi connectivity index (χ4n) is 1.99. The minimum Gasteiger partial charge on any atom is -1.00 e. The van der Waals surface area contributed by atoms with Crippen molar-refractivity contribution < 1.29 is 40.0 Å². The highest BCUT2D eigenvalue weighted by Crippen LogP contribution is 2.26. The van der Waals surface area contributed by atoms with E-state index in [0.717, 1.165) is 29.0 Å². The van der Waals surface area contributed by atoms with E-state index in [1.807, 2.05) is 0 Å². The van der Waals surface area contributed by atoms with Crippen molar-refractivity contribution in [2.24, 2.45) is 5.14 Å². The van der Waals surface area contributed by atoms with Crippen LogP contribution in [0.15, 0.2) is 41.6 Å². The lowest BCUT2D eigenvalue weighted by Crippen LogP contribution is -3.00. The van der Waals surface area contributed by atoms with Gasteiger partial charge < -0.3 is 17.1 Å². The maximum absolute atomic E-state index is 11.6. The SMILES string of the molecule is COc1cc[n+](-c2ccc([N+](=O)[O-])cc2[N+](=O)[O-])cc1S(N)(=O)=O.[Cl-]. The zero-order chi connectivity index (χ0) is 18.1. The van der Waals surface area contributed by atoms with E-state index in [4.69, 9.17) is 9.88 Å². The number of primary sulfonamides is 1. The van der Waals surface area contributed by atoms with Crippen LogP contribution in [-0.4, -0.2) is 25.4 Å². The molecule has 0 aliphatic carbocycles. The van der Waals surface area contributed by atoms with Crippen molar-refractivity contribution >= 4 is 21.4 Å². The van der Waals surface area contributed by atoms with Crippen molar-refractivity contribution in [1.29, 1.82) is 0 Å². The van der Waals surface area contributed by atoms with Crippen molar-refractivity contribution in [2.75, 3.05) is 7.11 Å². The summed E-state index contributed by atoms with van der Waals surface area (Å²) in [6.45, 7) is 0. The summed E-state index contributed by atoms with van der Waals surface area (Å²) < 4.78 is 29.2. The summed E-state index contributed by atoms with van der Waals surface area (Å²) in [5.41, 5.74) is -1.11. The largest absolute Gasteiger partial charge is 1.00 e. The Morgan fingerprint density at radius 3 is 2.28 bits per heavy atom. The highest BCUT2D eigenvalue weighted by molar-refractivity contribution is 7.89. The number of nitrogens with two attached hydrogens (primary N) is 1. The van der Waals surface area contributed by atoms with E-state index in [2.05, 4.69) is 0 Å². The Morgan fingerprint density at radius 1 is 1.16 bits per heavy atom. The van der Waals surface area contributed by atoms with Crippen LogP contribution in [0.3, 0.4) is 0 Å². The van der Waals surface area contributed by atoms with Crippen LogP contribution in [-0.2, 0) is 10.0 Å². The van der Waals surface area contributed by atoms with Crippen LogP contribution in [0.1, 0.15) is 0 Å². The number of nitro groups is 2. The molecule has 2 N–H and O–H groups in total. The molecule has 0 atom stereocenters. The fraction of sp³-hybridized carbons (Fsp3) is 0.0833. The van der Waals surface area contributed by atoms with Gasteiger partial charge in [-0.15, -0.1) is 0 Å². The van der Waals surface area contributed by atoms with Gasteiger partial charge in [-0.05, 0) is 0 Å². The van der Waals surface area contributed by atoms with Crippen molar-refractivity contribution in [3.05, 3.63) is 56.9 Å². The van der Waals surface area contributed by atoms with Crippen LogP contribution in [0, 0.1) is 20.2 Å². The normalized spacial score (nSPS) is 10.6. The second-order valence-corrected chi connectivity index (χ2v) is 6.05. The first-order chi connectivity index (χ1) is 11.1. The minimum absolute atomic E-state index is 0.